The first kappa shape index (κ1) is 22.3. The Morgan fingerprint density at radius 1 is 0.788 bits per heavy atom. The number of hydrogen-bond donors (Lipinski definition) is 1. The molecular formula is C26H21F3N2O2. The predicted octanol–water partition coefficient (Wildman–Crippen LogP) is 6.03. The van der Waals surface area contributed by atoms with Crippen molar-refractivity contribution < 1.29 is 22.8 Å². The third-order valence-electron chi connectivity index (χ3n) is 5.51. The fraction of sp³-hybridized carbons (Fsp3) is 0.154. The smallest absolute Gasteiger partial charge is 0.350 e. The van der Waals surface area contributed by atoms with E-state index in [2.05, 4.69) is 5.32 Å². The monoisotopic (exact) mass is 450 g/mol. The molecule has 4 nitrogen and oxygen atoms in total. The maximum atomic E-state index is 13.4. The lowest BCUT2D eigenvalue weighted by Crippen LogP contribution is -2.32. The Hall–Kier alpha value is -3.87. The van der Waals surface area contributed by atoms with Gasteiger partial charge in [0.2, 0.25) is 0 Å². The number of anilines is 2. The second kappa shape index (κ2) is 8.24. The van der Waals surface area contributed by atoms with Gasteiger partial charge in [-0.2, -0.15) is 13.2 Å². The molecule has 4 rings (SSSR count). The Morgan fingerprint density at radius 3 is 2.12 bits per heavy atom. The summed E-state index contributed by atoms with van der Waals surface area (Å²) in [6.07, 6.45) is -4.60. The topological polar surface area (TPSA) is 49.4 Å². The Kier molecular flexibility index (Phi) is 5.57. The van der Waals surface area contributed by atoms with Crippen molar-refractivity contribution in [1.29, 1.82) is 0 Å². The molecule has 0 fully saturated rings. The first-order valence-electron chi connectivity index (χ1n) is 10.3. The maximum Gasteiger partial charge on any atom is 0.416 e. The van der Waals surface area contributed by atoms with Crippen LogP contribution in [0.5, 0.6) is 0 Å². The lowest BCUT2D eigenvalue weighted by molar-refractivity contribution is -0.137. The number of amides is 2. The summed E-state index contributed by atoms with van der Waals surface area (Å²) in [6.45, 7) is 5.65. The summed E-state index contributed by atoms with van der Waals surface area (Å²) >= 11 is 0. The maximum absolute atomic E-state index is 13.4. The van der Waals surface area contributed by atoms with Crippen molar-refractivity contribution in [3.63, 3.8) is 0 Å². The molecule has 1 heterocycles. The van der Waals surface area contributed by atoms with Gasteiger partial charge >= 0.3 is 6.18 Å². The van der Waals surface area contributed by atoms with Gasteiger partial charge in [-0.25, -0.2) is 4.90 Å². The van der Waals surface area contributed by atoms with Crippen molar-refractivity contribution in [1.82, 2.24) is 0 Å². The number of carbonyl (C=O) groups excluding carboxylic acids is 2. The zero-order valence-electron chi connectivity index (χ0n) is 18.2. The zero-order valence-corrected chi connectivity index (χ0v) is 18.2. The summed E-state index contributed by atoms with van der Waals surface area (Å²) in [5.41, 5.74) is 2.97. The molecule has 0 unspecified atom stereocenters. The fourth-order valence-corrected chi connectivity index (χ4v) is 3.69. The second-order valence-electron chi connectivity index (χ2n) is 8.05. The minimum atomic E-state index is -4.60. The first-order chi connectivity index (χ1) is 15.6. The lowest BCUT2D eigenvalue weighted by Gasteiger charge is -2.17. The largest absolute Gasteiger partial charge is 0.416 e. The molecule has 168 valence electrons. The van der Waals surface area contributed by atoms with Crippen LogP contribution < -0.4 is 10.2 Å². The molecule has 0 saturated heterocycles. The predicted molar refractivity (Wildman–Crippen MR) is 122 cm³/mol. The summed E-state index contributed by atoms with van der Waals surface area (Å²) < 4.78 is 39.8. The van der Waals surface area contributed by atoms with Crippen LogP contribution in [0.15, 0.2) is 72.4 Å². The summed E-state index contributed by atoms with van der Waals surface area (Å²) in [6, 6.07) is 16.9. The van der Waals surface area contributed by atoms with E-state index in [9.17, 15) is 22.8 Å². The lowest BCUT2D eigenvalue weighted by atomic mass is 10.0. The van der Waals surface area contributed by atoms with Crippen LogP contribution in [0.4, 0.5) is 24.5 Å². The van der Waals surface area contributed by atoms with Crippen molar-refractivity contribution in [3.05, 3.63) is 100 Å². The van der Waals surface area contributed by atoms with Crippen molar-refractivity contribution in [2.45, 2.75) is 26.9 Å². The van der Waals surface area contributed by atoms with E-state index >= 15 is 0 Å². The van der Waals surface area contributed by atoms with Gasteiger partial charge in [0.05, 0.1) is 16.8 Å². The second-order valence-corrected chi connectivity index (χ2v) is 8.05. The number of hydrogen-bond acceptors (Lipinski definition) is 3. The van der Waals surface area contributed by atoms with E-state index in [0.717, 1.165) is 33.7 Å². The van der Waals surface area contributed by atoms with E-state index in [1.54, 1.807) is 12.1 Å². The van der Waals surface area contributed by atoms with E-state index in [-0.39, 0.29) is 17.0 Å². The van der Waals surface area contributed by atoms with E-state index in [4.69, 9.17) is 0 Å². The number of benzene rings is 3. The highest BCUT2D eigenvalue weighted by molar-refractivity contribution is 6.46. The summed E-state index contributed by atoms with van der Waals surface area (Å²) in [5.74, 6) is -1.40. The van der Waals surface area contributed by atoms with Crippen molar-refractivity contribution in [2.75, 3.05) is 10.2 Å². The summed E-state index contributed by atoms with van der Waals surface area (Å²) in [7, 11) is 0. The minimum absolute atomic E-state index is 0.0231. The molecule has 1 aliphatic heterocycles. The van der Waals surface area contributed by atoms with Crippen LogP contribution >= 0.6 is 0 Å². The highest BCUT2D eigenvalue weighted by Gasteiger charge is 2.41. The van der Waals surface area contributed by atoms with Gasteiger partial charge in [-0.05, 0) is 61.7 Å². The molecule has 3 aromatic carbocycles. The SMILES string of the molecule is Cc1ccc(C2=C(Nc3cc(C)ccc3C)C(=O)N(c3cccc(C(F)(F)F)c3)C2=O)cc1. The van der Waals surface area contributed by atoms with E-state index in [1.165, 1.54) is 12.1 Å². The molecule has 0 aromatic heterocycles. The van der Waals surface area contributed by atoms with Crippen molar-refractivity contribution >= 4 is 28.8 Å². The Morgan fingerprint density at radius 2 is 1.45 bits per heavy atom. The van der Waals surface area contributed by atoms with Gasteiger partial charge in [0.15, 0.2) is 0 Å². The molecule has 0 radical (unpaired) electrons. The number of rotatable bonds is 4. The van der Waals surface area contributed by atoms with Gasteiger partial charge in [-0.3, -0.25) is 9.59 Å². The van der Waals surface area contributed by atoms with Gasteiger partial charge in [-0.1, -0.05) is 48.0 Å². The molecule has 7 heteroatoms. The van der Waals surface area contributed by atoms with Crippen LogP contribution in [0.1, 0.15) is 27.8 Å². The molecule has 0 atom stereocenters. The van der Waals surface area contributed by atoms with Crippen LogP contribution in [-0.4, -0.2) is 11.8 Å². The van der Waals surface area contributed by atoms with Gasteiger partial charge in [0.25, 0.3) is 11.8 Å². The molecule has 1 N–H and O–H groups in total. The standard InChI is InChI=1S/C26H21F3N2O2/c1-15-8-11-18(12-9-15)22-23(30-21-13-16(2)7-10-17(21)3)25(33)31(24(22)32)20-6-4-5-19(14-20)26(27,28)29/h4-14,30H,1-3H3. The molecular weight excluding hydrogens is 429 g/mol. The summed E-state index contributed by atoms with van der Waals surface area (Å²) in [4.78, 5) is 27.7. The van der Waals surface area contributed by atoms with Crippen molar-refractivity contribution in [3.8, 4) is 0 Å². The number of alkyl halides is 3. The van der Waals surface area contributed by atoms with E-state index < -0.39 is 23.6 Å². The van der Waals surface area contributed by atoms with Crippen LogP contribution in [0.3, 0.4) is 0 Å². The third kappa shape index (κ3) is 4.26. The number of aryl methyl sites for hydroxylation is 3. The number of nitrogens with zero attached hydrogens (tertiary/aromatic N) is 1. The normalized spacial score (nSPS) is 14.3. The Balaban J connectivity index is 1.84. The molecule has 0 bridgehead atoms. The molecule has 0 aliphatic carbocycles. The molecule has 2 amide bonds. The van der Waals surface area contributed by atoms with Crippen LogP contribution in [0.2, 0.25) is 0 Å². The molecule has 3 aromatic rings. The highest BCUT2D eigenvalue weighted by atomic mass is 19.4. The zero-order chi connectivity index (χ0) is 23.9. The molecule has 0 spiro atoms. The Bertz CT molecular complexity index is 1290. The van der Waals surface area contributed by atoms with Crippen LogP contribution in [0, 0.1) is 20.8 Å². The number of carbonyl (C=O) groups is 2. The third-order valence-corrected chi connectivity index (χ3v) is 5.51. The average molecular weight is 450 g/mol. The van der Waals surface area contributed by atoms with Crippen molar-refractivity contribution in [2.24, 2.45) is 0 Å². The van der Waals surface area contributed by atoms with Gasteiger partial charge < -0.3 is 5.32 Å². The highest BCUT2D eigenvalue weighted by Crippen LogP contribution is 2.37. The number of imide groups is 1. The molecule has 0 saturated carbocycles. The molecule has 1 aliphatic rings. The quantitative estimate of drug-likeness (QED) is 0.494. The average Bonchev–Trinajstić information content (AvgIpc) is 3.00. The van der Waals surface area contributed by atoms with Gasteiger partial charge in [0, 0.05) is 5.69 Å². The number of nitrogens with one attached hydrogen (secondary N) is 1. The van der Waals surface area contributed by atoms with E-state index in [1.807, 2.05) is 51.1 Å². The summed E-state index contributed by atoms with van der Waals surface area (Å²) in [5, 5.41) is 3.08. The van der Waals surface area contributed by atoms with Crippen LogP contribution in [0.25, 0.3) is 5.57 Å². The number of halogens is 3. The fourth-order valence-electron chi connectivity index (χ4n) is 3.69. The minimum Gasteiger partial charge on any atom is -0.350 e. The van der Waals surface area contributed by atoms with Gasteiger partial charge in [-0.15, -0.1) is 0 Å². The Labute approximate surface area is 189 Å². The molecule has 33 heavy (non-hydrogen) atoms. The van der Waals surface area contributed by atoms with Crippen LogP contribution in [-0.2, 0) is 15.8 Å². The van der Waals surface area contributed by atoms with Gasteiger partial charge in [0.1, 0.15) is 5.70 Å². The first-order valence-corrected chi connectivity index (χ1v) is 10.3. The van der Waals surface area contributed by atoms with E-state index in [0.29, 0.717) is 11.3 Å².